The molecule has 0 atom stereocenters. The van der Waals surface area contributed by atoms with E-state index in [2.05, 4.69) is 5.32 Å². The van der Waals surface area contributed by atoms with Crippen LogP contribution in [0.4, 0.5) is 5.69 Å². The number of amides is 1. The number of benzene rings is 1. The predicted molar refractivity (Wildman–Crippen MR) is 94.0 cm³/mol. The molecule has 0 aliphatic rings. The number of rotatable bonds is 4. The van der Waals surface area contributed by atoms with Gasteiger partial charge in [0.2, 0.25) is 0 Å². The molecule has 3 rings (SSSR count). The van der Waals surface area contributed by atoms with Gasteiger partial charge in [-0.3, -0.25) is 4.79 Å². The summed E-state index contributed by atoms with van der Waals surface area (Å²) in [6, 6.07) is 12.4. The van der Waals surface area contributed by atoms with Crippen LogP contribution in [0.5, 0.6) is 0 Å². The highest BCUT2D eigenvalue weighted by molar-refractivity contribution is 7.19. The minimum Gasteiger partial charge on any atom is -0.477 e. The second-order valence-electron chi connectivity index (χ2n) is 4.60. The first kappa shape index (κ1) is 15.7. The number of hydrogen-bond donors (Lipinski definition) is 2. The Morgan fingerprint density at radius 2 is 1.78 bits per heavy atom. The number of carbonyl (C=O) groups excluding carboxylic acids is 1. The van der Waals surface area contributed by atoms with Crippen LogP contribution in [0.15, 0.2) is 47.8 Å². The molecule has 2 aromatic heterocycles. The second kappa shape index (κ2) is 6.54. The van der Waals surface area contributed by atoms with Crippen LogP contribution >= 0.6 is 34.3 Å². The highest BCUT2D eigenvalue weighted by Gasteiger charge is 2.15. The van der Waals surface area contributed by atoms with Crippen LogP contribution in [0.25, 0.3) is 10.4 Å². The lowest BCUT2D eigenvalue weighted by molar-refractivity contribution is 0.0703. The van der Waals surface area contributed by atoms with Gasteiger partial charge in [-0.15, -0.1) is 22.7 Å². The molecule has 1 amide bonds. The summed E-state index contributed by atoms with van der Waals surface area (Å²) in [5, 5.41) is 13.3. The third-order valence-electron chi connectivity index (χ3n) is 3.11. The zero-order valence-electron chi connectivity index (χ0n) is 11.6. The summed E-state index contributed by atoms with van der Waals surface area (Å²) in [4.78, 5) is 24.4. The molecule has 0 aliphatic heterocycles. The highest BCUT2D eigenvalue weighted by atomic mass is 35.5. The minimum atomic E-state index is -1.06. The van der Waals surface area contributed by atoms with Gasteiger partial charge in [0, 0.05) is 10.4 Å². The summed E-state index contributed by atoms with van der Waals surface area (Å²) in [7, 11) is 0. The van der Waals surface area contributed by atoms with E-state index in [0.717, 1.165) is 21.8 Å². The molecule has 0 radical (unpaired) electrons. The minimum absolute atomic E-state index is 0.114. The van der Waals surface area contributed by atoms with Crippen molar-refractivity contribution >= 4 is 51.8 Å². The van der Waals surface area contributed by atoms with Crippen molar-refractivity contribution in [3.05, 3.63) is 62.6 Å². The van der Waals surface area contributed by atoms with E-state index in [1.807, 2.05) is 24.3 Å². The molecule has 116 valence electrons. The van der Waals surface area contributed by atoms with Gasteiger partial charge in [0.25, 0.3) is 5.91 Å². The van der Waals surface area contributed by atoms with E-state index in [4.69, 9.17) is 16.7 Å². The number of thiophene rings is 2. The SMILES string of the molecule is O=C(Nc1ccsc1C(=O)O)c1ccc(-c2ccc(Cl)s2)cc1. The van der Waals surface area contributed by atoms with Crippen molar-refractivity contribution in [2.75, 3.05) is 5.32 Å². The van der Waals surface area contributed by atoms with Crippen LogP contribution in [-0.4, -0.2) is 17.0 Å². The van der Waals surface area contributed by atoms with Gasteiger partial charge >= 0.3 is 5.97 Å². The molecule has 23 heavy (non-hydrogen) atoms. The van der Waals surface area contributed by atoms with Gasteiger partial charge in [0.15, 0.2) is 0 Å². The number of anilines is 1. The molecule has 0 aliphatic carbocycles. The van der Waals surface area contributed by atoms with Gasteiger partial charge in [-0.2, -0.15) is 0 Å². The quantitative estimate of drug-likeness (QED) is 0.679. The smallest absolute Gasteiger partial charge is 0.348 e. The maximum Gasteiger partial charge on any atom is 0.348 e. The van der Waals surface area contributed by atoms with E-state index in [1.165, 1.54) is 11.3 Å². The molecule has 0 saturated heterocycles. The number of nitrogens with one attached hydrogen (secondary N) is 1. The topological polar surface area (TPSA) is 66.4 Å². The van der Waals surface area contributed by atoms with Crippen LogP contribution in [0.1, 0.15) is 20.0 Å². The summed E-state index contributed by atoms with van der Waals surface area (Å²) in [6.07, 6.45) is 0. The predicted octanol–water partition coefficient (Wildman–Crippen LogP) is 5.08. The fraction of sp³-hybridized carbons (Fsp3) is 0. The van der Waals surface area contributed by atoms with Crippen molar-refractivity contribution in [2.24, 2.45) is 0 Å². The first-order valence-electron chi connectivity index (χ1n) is 6.52. The zero-order valence-corrected chi connectivity index (χ0v) is 14.0. The number of carbonyl (C=O) groups is 2. The van der Waals surface area contributed by atoms with Gasteiger partial charge in [0.05, 0.1) is 10.0 Å². The van der Waals surface area contributed by atoms with Crippen LogP contribution in [0, 0.1) is 0 Å². The number of carboxylic acids is 1. The fourth-order valence-electron chi connectivity index (χ4n) is 2.02. The Balaban J connectivity index is 1.78. The monoisotopic (exact) mass is 363 g/mol. The molecule has 0 fully saturated rings. The first-order valence-corrected chi connectivity index (χ1v) is 8.60. The molecule has 2 heterocycles. The van der Waals surface area contributed by atoms with Crippen molar-refractivity contribution in [1.29, 1.82) is 0 Å². The van der Waals surface area contributed by atoms with E-state index in [1.54, 1.807) is 23.6 Å². The highest BCUT2D eigenvalue weighted by Crippen LogP contribution is 2.31. The third-order valence-corrected chi connectivity index (χ3v) is 5.30. The number of carboxylic acid groups (broad SMARTS) is 1. The molecule has 0 spiro atoms. The number of halogens is 1. The Morgan fingerprint density at radius 1 is 1.04 bits per heavy atom. The molecule has 0 saturated carbocycles. The van der Waals surface area contributed by atoms with Gasteiger partial charge in [-0.05, 0) is 41.3 Å². The molecule has 0 unspecified atom stereocenters. The van der Waals surface area contributed by atoms with Crippen molar-refractivity contribution in [3.63, 3.8) is 0 Å². The summed E-state index contributed by atoms with van der Waals surface area (Å²) in [6.45, 7) is 0. The number of hydrogen-bond acceptors (Lipinski definition) is 4. The van der Waals surface area contributed by atoms with Crippen molar-refractivity contribution in [1.82, 2.24) is 0 Å². The molecule has 2 N–H and O–H groups in total. The molecule has 1 aromatic carbocycles. The Hall–Kier alpha value is -2.15. The lowest BCUT2D eigenvalue weighted by atomic mass is 10.1. The zero-order chi connectivity index (χ0) is 16.4. The van der Waals surface area contributed by atoms with E-state index < -0.39 is 5.97 Å². The van der Waals surface area contributed by atoms with Crippen molar-refractivity contribution < 1.29 is 14.7 Å². The Morgan fingerprint density at radius 3 is 2.39 bits per heavy atom. The average Bonchev–Trinajstić information content (AvgIpc) is 3.16. The fourth-order valence-corrected chi connectivity index (χ4v) is 3.76. The van der Waals surface area contributed by atoms with Gasteiger partial charge in [-0.25, -0.2) is 4.79 Å². The molecule has 0 bridgehead atoms. The lowest BCUT2D eigenvalue weighted by Gasteiger charge is -2.05. The van der Waals surface area contributed by atoms with Crippen LogP contribution in [0.3, 0.4) is 0 Å². The molecule has 7 heteroatoms. The molecular weight excluding hydrogens is 354 g/mol. The van der Waals surface area contributed by atoms with Crippen molar-refractivity contribution in [2.45, 2.75) is 0 Å². The standard InChI is InChI=1S/C16H10ClNO3S2/c17-13-6-5-12(23-13)9-1-3-10(4-2-9)15(19)18-11-7-8-22-14(11)16(20)21/h1-8H,(H,18,19)(H,20,21). The Kier molecular flexibility index (Phi) is 4.47. The second-order valence-corrected chi connectivity index (χ2v) is 7.23. The van der Waals surface area contributed by atoms with E-state index in [9.17, 15) is 9.59 Å². The van der Waals surface area contributed by atoms with Crippen molar-refractivity contribution in [3.8, 4) is 10.4 Å². The largest absolute Gasteiger partial charge is 0.477 e. The van der Waals surface area contributed by atoms with Gasteiger partial charge < -0.3 is 10.4 Å². The third kappa shape index (κ3) is 3.44. The number of aromatic carboxylic acids is 1. The lowest BCUT2D eigenvalue weighted by Crippen LogP contribution is -2.13. The van der Waals surface area contributed by atoms with Crippen LogP contribution in [-0.2, 0) is 0 Å². The summed E-state index contributed by atoms with van der Waals surface area (Å²) in [5.74, 6) is -1.40. The van der Waals surface area contributed by atoms with E-state index >= 15 is 0 Å². The van der Waals surface area contributed by atoms with E-state index in [-0.39, 0.29) is 10.8 Å². The molecule has 3 aromatic rings. The normalized spacial score (nSPS) is 10.5. The maximum absolute atomic E-state index is 12.2. The van der Waals surface area contributed by atoms with Gasteiger partial charge in [-0.1, -0.05) is 23.7 Å². The van der Waals surface area contributed by atoms with Crippen LogP contribution < -0.4 is 5.32 Å². The maximum atomic E-state index is 12.2. The summed E-state index contributed by atoms with van der Waals surface area (Å²) >= 11 is 8.46. The molecule has 4 nitrogen and oxygen atoms in total. The summed E-state index contributed by atoms with van der Waals surface area (Å²) < 4.78 is 0.709. The summed E-state index contributed by atoms with van der Waals surface area (Å²) in [5.41, 5.74) is 1.74. The van der Waals surface area contributed by atoms with Gasteiger partial charge in [0.1, 0.15) is 4.88 Å². The Bertz CT molecular complexity index is 868. The average molecular weight is 364 g/mol. The van der Waals surface area contributed by atoms with E-state index in [0.29, 0.717) is 15.6 Å². The first-order chi connectivity index (χ1) is 11.0. The van der Waals surface area contributed by atoms with Crippen LogP contribution in [0.2, 0.25) is 4.34 Å². The Labute approximate surface area is 145 Å². The molecular formula is C16H10ClNO3S2.